The van der Waals surface area contributed by atoms with Crippen molar-refractivity contribution in [3.8, 4) is 5.75 Å². The molecule has 0 radical (unpaired) electrons. The van der Waals surface area contributed by atoms with Gasteiger partial charge in [0.2, 0.25) is 11.8 Å². The van der Waals surface area contributed by atoms with Gasteiger partial charge in [0.25, 0.3) is 5.91 Å². The SMILES string of the molecule is CCC(CC)C(=O)OC(C)(C)CCCCC(=O)C[C@H](C(=O)N[C@@H](CCCNC(N)=O)C(=O)Cc1ccc(C(=O)N(C)[C@@H](C)C(=O)O[C@H]2CC(=O)N(C)c3cc(cc(OC)c3Cl)C/C(C)=C/C=C/[C@@H](OC)[C@]3(O)CC(=O)O[C@@H](C3)[C@@H](C)[C@@H]3O[C@@]23C)cc1S(C)(=O)=O)C(C)C. The summed E-state index contributed by atoms with van der Waals surface area (Å²) < 4.78 is 62.8. The predicted molar refractivity (Wildman–Crippen MR) is 349 cm³/mol. The van der Waals surface area contributed by atoms with Gasteiger partial charge in [0.15, 0.2) is 15.6 Å². The number of amides is 5. The molecule has 10 atom stereocenters. The Morgan fingerprint density at radius 1 is 1.00 bits per heavy atom. The van der Waals surface area contributed by atoms with Gasteiger partial charge in [0, 0.05) is 77.1 Å². The molecule has 2 saturated heterocycles. The minimum absolute atomic E-state index is 0.00756. The molecule has 2 aromatic rings. The van der Waals surface area contributed by atoms with Gasteiger partial charge >= 0.3 is 23.9 Å². The maximum atomic E-state index is 14.6. The number of carbonyl (C=O) groups is 9. The van der Waals surface area contributed by atoms with Crippen molar-refractivity contribution in [3.05, 3.63) is 75.8 Å². The molecular formula is C68H98ClN5O18S. The smallest absolute Gasteiger partial charge is 0.328 e. The number of allylic oxidation sites excluding steroid dienone is 3. The van der Waals surface area contributed by atoms with Crippen LogP contribution in [0, 0.1) is 23.7 Å². The number of likely N-dealkylation sites (N-methyl/N-ethyl adjacent to an activating group) is 1. The number of primary amides is 1. The highest BCUT2D eigenvalue weighted by Gasteiger charge is 2.64. The molecule has 3 aliphatic rings. The lowest BCUT2D eigenvalue weighted by molar-refractivity contribution is -0.187. The Morgan fingerprint density at radius 2 is 1.68 bits per heavy atom. The van der Waals surface area contributed by atoms with Crippen molar-refractivity contribution in [2.24, 2.45) is 29.4 Å². The first-order chi connectivity index (χ1) is 43.4. The number of halogens is 1. The lowest BCUT2D eigenvalue weighted by atomic mass is 9.78. The third-order valence-electron chi connectivity index (χ3n) is 18.2. The van der Waals surface area contributed by atoms with Crippen LogP contribution in [0.3, 0.4) is 0 Å². The Labute approximate surface area is 552 Å². The van der Waals surface area contributed by atoms with Crippen LogP contribution < -0.4 is 26.0 Å². The van der Waals surface area contributed by atoms with Crippen molar-refractivity contribution in [2.75, 3.05) is 46.0 Å². The molecule has 0 aromatic heterocycles. The Hall–Kier alpha value is -6.73. The first kappa shape index (κ1) is 77.0. The zero-order chi connectivity index (χ0) is 69.7. The number of sulfone groups is 1. The number of nitrogens with two attached hydrogens (primary N) is 1. The summed E-state index contributed by atoms with van der Waals surface area (Å²) in [5.41, 5.74) is 3.15. The molecule has 0 unspecified atom stereocenters. The minimum atomic E-state index is -4.20. The number of nitrogens with zero attached hydrogens (tertiary/aromatic N) is 2. The van der Waals surface area contributed by atoms with E-state index in [0.29, 0.717) is 44.2 Å². The third-order valence-corrected chi connectivity index (χ3v) is 19.8. The van der Waals surface area contributed by atoms with Crippen LogP contribution in [0.4, 0.5) is 10.5 Å². The van der Waals surface area contributed by atoms with E-state index >= 15 is 0 Å². The minimum Gasteiger partial charge on any atom is -0.495 e. The van der Waals surface area contributed by atoms with Crippen LogP contribution in [0.1, 0.15) is 168 Å². The van der Waals surface area contributed by atoms with E-state index in [2.05, 4.69) is 10.6 Å². The number of carbonyl (C=O) groups excluding carboxylic acids is 9. The number of urea groups is 1. The Morgan fingerprint density at radius 3 is 2.29 bits per heavy atom. The van der Waals surface area contributed by atoms with Crippen LogP contribution in [0.2, 0.25) is 5.02 Å². The number of fused-ring (bicyclic) bond motifs is 5. The molecule has 0 aliphatic carbocycles. The molecule has 93 heavy (non-hydrogen) atoms. The van der Waals surface area contributed by atoms with Gasteiger partial charge in [0.05, 0.1) is 48.6 Å². The fraction of sp³-hybridized carbons (Fsp3) is 0.632. The topological polar surface area (TPSA) is 323 Å². The molecule has 516 valence electrons. The number of methoxy groups -OCH3 is 2. The largest absolute Gasteiger partial charge is 0.495 e. The van der Waals surface area contributed by atoms with Gasteiger partial charge in [-0.05, 0) is 127 Å². The number of esters is 3. The summed E-state index contributed by atoms with van der Waals surface area (Å²) in [5.74, 6) is -6.38. The lowest BCUT2D eigenvalue weighted by Gasteiger charge is -2.41. The average Bonchev–Trinajstić information content (AvgIpc) is 1.58. The van der Waals surface area contributed by atoms with Gasteiger partial charge in [-0.15, -0.1) is 0 Å². The highest BCUT2D eigenvalue weighted by atomic mass is 35.5. The van der Waals surface area contributed by atoms with Crippen molar-refractivity contribution in [1.82, 2.24) is 15.5 Å². The van der Waals surface area contributed by atoms with E-state index in [1.165, 1.54) is 52.3 Å². The zero-order valence-corrected chi connectivity index (χ0v) is 58.2. The fourth-order valence-corrected chi connectivity index (χ4v) is 13.4. The summed E-state index contributed by atoms with van der Waals surface area (Å²) in [4.78, 5) is 125. The lowest BCUT2D eigenvalue weighted by Crippen LogP contribution is -2.53. The normalized spacial score (nSPS) is 23.8. The van der Waals surface area contributed by atoms with Crippen LogP contribution >= 0.6 is 11.6 Å². The number of aliphatic hydroxyl groups is 1. The number of hydrogen-bond acceptors (Lipinski definition) is 18. The van der Waals surface area contributed by atoms with Gasteiger partial charge in [-0.2, -0.15) is 0 Å². The summed E-state index contributed by atoms with van der Waals surface area (Å²) in [5, 5.41) is 17.5. The molecule has 0 saturated carbocycles. The van der Waals surface area contributed by atoms with Gasteiger partial charge in [-0.25, -0.2) is 18.0 Å². The van der Waals surface area contributed by atoms with E-state index in [1.54, 1.807) is 52.0 Å². The maximum Gasteiger partial charge on any atom is 0.328 e. The fourth-order valence-electron chi connectivity index (χ4n) is 12.1. The molecule has 2 aromatic carbocycles. The van der Waals surface area contributed by atoms with Gasteiger partial charge < -0.3 is 59.7 Å². The number of anilines is 1. The highest BCUT2D eigenvalue weighted by Crippen LogP contribution is 2.50. The number of nitrogens with one attached hydrogen (secondary N) is 2. The van der Waals surface area contributed by atoms with Crippen LogP contribution in [0.5, 0.6) is 5.75 Å². The number of rotatable bonds is 28. The second kappa shape index (κ2) is 33.1. The monoisotopic (exact) mass is 1340 g/mol. The van der Waals surface area contributed by atoms with Crippen molar-refractivity contribution < 1.29 is 85.1 Å². The number of benzene rings is 2. The molecule has 5 N–H and O–H groups in total. The average molecular weight is 1340 g/mol. The van der Waals surface area contributed by atoms with E-state index in [9.17, 15) is 56.7 Å². The van der Waals surface area contributed by atoms with Crippen LogP contribution in [0.15, 0.2) is 59.0 Å². The van der Waals surface area contributed by atoms with E-state index in [-0.39, 0.29) is 95.5 Å². The molecule has 5 amide bonds. The summed E-state index contributed by atoms with van der Waals surface area (Å²) in [7, 11) is 1.47. The summed E-state index contributed by atoms with van der Waals surface area (Å²) >= 11 is 6.87. The van der Waals surface area contributed by atoms with E-state index < -0.39 is 129 Å². The highest BCUT2D eigenvalue weighted by molar-refractivity contribution is 7.90. The van der Waals surface area contributed by atoms with Crippen molar-refractivity contribution >= 4 is 80.4 Å². The first-order valence-electron chi connectivity index (χ1n) is 31.9. The third kappa shape index (κ3) is 20.6. The predicted octanol–water partition coefficient (Wildman–Crippen LogP) is 8.08. The van der Waals surface area contributed by atoms with Crippen LogP contribution in [-0.4, -0.2) is 166 Å². The van der Waals surface area contributed by atoms with Gasteiger partial charge in [-0.3, -0.25) is 33.6 Å². The summed E-state index contributed by atoms with van der Waals surface area (Å²) in [6.45, 7) is 17.8. The van der Waals surface area contributed by atoms with Crippen molar-refractivity contribution in [3.63, 3.8) is 0 Å². The Bertz CT molecular complexity index is 3260. The standard InChI is InChI=1S/C68H98ClN5O18S/c1-16-44(17-2)64(82)92-66(8,9)28-19-18-23-47(75)35-48(39(3)4)61(79)72-49(24-21-29-71-65(70)83)51(76)33-45-26-27-46(34-54(45)93(15,85)86)62(80)73(11)42(7)63(81)90-56-36-57(77)74(12)50-31-43(32-52(87-13)59(50)69)30-40(5)22-20-25-55(88-14)68(84)37-53(89-58(78)38-68)41(6)60-67(56,10)91-60/h20,22,25-27,31-32,34,39,41-42,44,48-49,53,55-56,60,84H,16-19,21,23-24,28-30,33,35-38H2,1-15H3,(H,72,79)(H3,70,71,83)/b25-20+,40-22+/t41-,42+,48+,49+,53+,55-,56+,60+,67+,68-/m1/s1. The number of Topliss-reactive ketones (excluding diaryl/α,β-unsaturated/α-hetero) is 2. The quantitative estimate of drug-likeness (QED) is 0.0271. The van der Waals surface area contributed by atoms with E-state index in [4.69, 9.17) is 45.8 Å². The number of unbranched alkanes of at least 4 members (excludes halogenated alkanes) is 1. The molecule has 0 spiro atoms. The number of ketones is 2. The number of epoxide rings is 1. The first-order valence-corrected chi connectivity index (χ1v) is 34.2. The molecular weight excluding hydrogens is 1240 g/mol. The second-order valence-electron chi connectivity index (χ2n) is 26.4. The summed E-state index contributed by atoms with van der Waals surface area (Å²) in [6.07, 6.45) is 4.22. The molecule has 2 fully saturated rings. The Balaban J connectivity index is 1.37. The number of ether oxygens (including phenoxy) is 6. The molecule has 23 nitrogen and oxygen atoms in total. The van der Waals surface area contributed by atoms with Gasteiger partial charge in [0.1, 0.15) is 57.7 Å². The Kier molecular flexibility index (Phi) is 27.4. The molecule has 3 heterocycles. The van der Waals surface area contributed by atoms with E-state index in [0.717, 1.165) is 28.4 Å². The molecule has 4 bridgehead atoms. The van der Waals surface area contributed by atoms with Crippen LogP contribution in [-0.2, 0) is 79.9 Å². The maximum absolute atomic E-state index is 14.6. The number of hydrogen-bond donors (Lipinski definition) is 4. The zero-order valence-electron chi connectivity index (χ0n) is 56.6. The van der Waals surface area contributed by atoms with E-state index in [1.807, 2.05) is 40.7 Å². The molecule has 25 heteroatoms. The summed E-state index contributed by atoms with van der Waals surface area (Å²) in [6, 6.07) is 3.74. The van der Waals surface area contributed by atoms with Gasteiger partial charge in [-0.1, -0.05) is 76.1 Å². The second-order valence-corrected chi connectivity index (χ2v) is 28.7. The van der Waals surface area contributed by atoms with Crippen LogP contribution in [0.25, 0.3) is 0 Å². The van der Waals surface area contributed by atoms with Crippen molar-refractivity contribution in [2.45, 2.75) is 217 Å². The van der Waals surface area contributed by atoms with Crippen molar-refractivity contribution in [1.29, 1.82) is 0 Å². The molecule has 5 rings (SSSR count). The molecule has 3 aliphatic heterocycles.